The van der Waals surface area contributed by atoms with Crippen molar-refractivity contribution in [3.05, 3.63) is 106 Å². The van der Waals surface area contributed by atoms with Gasteiger partial charge in [-0.15, -0.1) is 0 Å². The van der Waals surface area contributed by atoms with E-state index in [4.69, 9.17) is 0 Å². The maximum absolute atomic E-state index is 15.4. The average molecular weight is 2170 g/mol. The molecule has 13 aromatic carbocycles. The van der Waals surface area contributed by atoms with Crippen molar-refractivity contribution in [2.24, 2.45) is 0 Å². The van der Waals surface area contributed by atoms with E-state index in [9.17, 15) is 184 Å². The van der Waals surface area contributed by atoms with Crippen LogP contribution in [0.5, 0.6) is 0 Å². The molecule has 0 aliphatic rings. The van der Waals surface area contributed by atoms with Gasteiger partial charge in [-0.2, -0.15) is 237 Å². The van der Waals surface area contributed by atoms with E-state index in [1.807, 2.05) is 0 Å². The Morgan fingerprint density at radius 3 is 0.285 bits per heavy atom. The van der Waals surface area contributed by atoms with Crippen molar-refractivity contribution >= 4 is 129 Å². The Hall–Kier alpha value is -9.24. The highest BCUT2D eigenvalue weighted by molar-refractivity contribution is 6.61. The van der Waals surface area contributed by atoms with Crippen LogP contribution in [-0.2, 0) is 38.5 Å². The molecule has 54 heteroatoms. The molecule has 0 spiro atoms. The zero-order valence-electron chi connectivity index (χ0n) is 71.3. The summed E-state index contributed by atoms with van der Waals surface area (Å²) >= 11 is 0. The Morgan fingerprint density at radius 1 is 0.111 bits per heavy atom. The molecule has 0 nitrogen and oxygen atoms in total. The van der Waals surface area contributed by atoms with Crippen LogP contribution in [0.4, 0.5) is 237 Å². The fourth-order valence-corrected chi connectivity index (χ4v) is 18.9. The third kappa shape index (κ3) is 16.9. The summed E-state index contributed by atoms with van der Waals surface area (Å²) in [6.45, 7) is 0. The zero-order valence-corrected chi connectivity index (χ0v) is 71.3. The van der Waals surface area contributed by atoms with E-state index in [0.717, 1.165) is 72.8 Å². The molecule has 13 aromatic rings. The monoisotopic (exact) mass is 2170 g/mol. The van der Waals surface area contributed by atoms with Gasteiger partial charge in [-0.25, -0.2) is 0 Å². The van der Waals surface area contributed by atoms with Crippen molar-refractivity contribution in [3.8, 4) is 0 Å². The number of benzene rings is 13. The Kier molecular flexibility index (Phi) is 27.0. The number of halogens is 54. The Morgan fingerprint density at radius 2 is 0.201 bits per heavy atom. The van der Waals surface area contributed by atoms with Gasteiger partial charge < -0.3 is 0 Å². The van der Waals surface area contributed by atoms with Gasteiger partial charge in [0.1, 0.15) is 0 Å². The molecule has 0 unspecified atom stereocenters. The third-order valence-corrected chi connectivity index (χ3v) is 26.4. The van der Waals surface area contributed by atoms with Gasteiger partial charge in [-0.3, -0.25) is 0 Å². The average Bonchev–Trinajstić information content (AvgIpc) is 0.638. The summed E-state index contributed by atoms with van der Waals surface area (Å²) in [5.74, 6) is -126. The lowest BCUT2D eigenvalue weighted by atomic mass is 9.72. The number of hydrogen-bond donors (Lipinski definition) is 0. The fourth-order valence-electron chi connectivity index (χ4n) is 18.9. The van der Waals surface area contributed by atoms with Crippen LogP contribution < -0.4 is 0 Å². The molecule has 0 saturated carbocycles. The summed E-state index contributed by atoms with van der Waals surface area (Å²) < 4.78 is 775. The van der Waals surface area contributed by atoms with Crippen LogP contribution in [0.25, 0.3) is 129 Å². The molecule has 0 fully saturated rings. The van der Waals surface area contributed by atoms with Gasteiger partial charge in [0.05, 0.1) is 0 Å². The van der Waals surface area contributed by atoms with Gasteiger partial charge in [0.2, 0.25) is 0 Å². The SMILES string of the molecule is FC(F)(F)C(F)(F)C(F)(F)C(F)(F)CCCCc1cc2c3cc(CCCCC(F)(F)C(F)(F)C(F)(F)C(F)(F)F)cc4c5cc(CCCCC(F)(F)C(F)(F)C(F)(F)C(F)(F)F)cc6c7cc(CCCCC(F)(F)C(F)(F)C(F)(F)C(F)(F)F)cc8c9cc(CCCCC(F)(F)C(F)(F)C(F)(F)C(F)(F)F)cc%10c%11cc(CCCCC(F)(F)C(F)(F)C(F)(F)C(F)(F)F)cc%12c(c1)c2c1c(c34)c(c56)c(c78)c(c%109)c1c%12%11. The van der Waals surface area contributed by atoms with Crippen LogP contribution in [0, 0.1) is 0 Å². The van der Waals surface area contributed by atoms with Crippen molar-refractivity contribution in [2.75, 3.05) is 0 Å². The first kappa shape index (κ1) is 112. The van der Waals surface area contributed by atoms with Crippen molar-refractivity contribution < 1.29 is 237 Å². The number of fused-ring (bicyclic) bond motifs is 6. The molecule has 0 aliphatic carbocycles. The first-order chi connectivity index (χ1) is 64.9. The molecule has 0 aliphatic heterocycles. The molecule has 0 radical (unpaired) electrons. The van der Waals surface area contributed by atoms with E-state index in [1.165, 1.54) is 0 Å². The summed E-state index contributed by atoms with van der Waals surface area (Å²) in [4.78, 5) is 0. The molecule has 0 bridgehead atoms. The Bertz CT molecular complexity index is 5630. The fraction of sp³-hybridized carbons (Fsp3) is 0.533. The summed E-state index contributed by atoms with van der Waals surface area (Å²) in [6.07, 6.45) is -80.7. The highest BCUT2D eigenvalue weighted by atomic mass is 19.5. The zero-order chi connectivity index (χ0) is 109. The van der Waals surface area contributed by atoms with Crippen LogP contribution in [0.15, 0.2) is 72.8 Å². The maximum atomic E-state index is 15.4. The number of aryl methyl sites for hydroxylation is 6. The van der Waals surface area contributed by atoms with E-state index >= 15 is 52.7 Å². The van der Waals surface area contributed by atoms with E-state index in [0.29, 0.717) is 0 Å². The third-order valence-electron chi connectivity index (χ3n) is 26.4. The quantitative estimate of drug-likeness (QED) is 0.0155. The number of alkyl halides is 54. The van der Waals surface area contributed by atoms with E-state index in [1.54, 1.807) is 0 Å². The summed E-state index contributed by atoms with van der Waals surface area (Å²) in [7, 11) is 0. The molecule has 0 atom stereocenters. The van der Waals surface area contributed by atoms with E-state index in [2.05, 4.69) is 0 Å². The molecule has 798 valence electrons. The molecule has 0 aromatic heterocycles. The largest absolute Gasteiger partial charge is 0.460 e. The molecule has 0 N–H and O–H groups in total. The molecule has 144 heavy (non-hydrogen) atoms. The minimum absolute atomic E-state index is 0.128. The number of hydrogen-bond acceptors (Lipinski definition) is 0. The highest BCUT2D eigenvalue weighted by Gasteiger charge is 2.87. The number of unbranched alkanes of at least 4 members (excludes halogenated alkanes) is 6. The van der Waals surface area contributed by atoms with Crippen LogP contribution in [0.3, 0.4) is 0 Å². The lowest BCUT2D eigenvalue weighted by Crippen LogP contribution is -2.60. The highest BCUT2D eigenvalue weighted by Crippen LogP contribution is 2.66. The van der Waals surface area contributed by atoms with Crippen LogP contribution in [0.1, 0.15) is 149 Å². The lowest BCUT2D eigenvalue weighted by molar-refractivity contribution is -0.396. The standard InChI is InChI=1S/C90H60F54/c91-67(92,73(103,104)79(115,116)85(127,128)129)19-7-1-13-37-25-43-45-27-38(14-2-8-20-68(93,94)74(105,106)80(117,118)86(130,131)132)29-47-49-31-40(16-4-10-22-70(97,98)76(109,110)82(121,122)88(136,137)138)33-51-53-35-42(18-6-12-24-72(101,102)78(113,114)84(125,126)90(142,143)144)36-54-52-34-41(17-5-11-23-71(99,100)77(111,112)83(123,124)89(139,140)141)32-50-48-30-39(15-3-9-21-69(95,96)75(107,108)81(119,120)87(133,134)135)28-46-44(26-37)55(43)61-62(56(45)47)64(58(49)51)66(60(53)54)65(59(50)52)63(61)57(46)48/h25-36H,1-24H2. The molecular formula is C90H60F54. The second kappa shape index (κ2) is 34.7. The van der Waals surface area contributed by atoms with Crippen LogP contribution in [0.2, 0.25) is 0 Å². The summed E-state index contributed by atoms with van der Waals surface area (Å²) in [6, 6.07) is 12.8. The topological polar surface area (TPSA) is 0 Å². The van der Waals surface area contributed by atoms with Gasteiger partial charge in [0, 0.05) is 38.5 Å². The maximum Gasteiger partial charge on any atom is 0.460 e. The van der Waals surface area contributed by atoms with Gasteiger partial charge in [0.15, 0.2) is 0 Å². The van der Waals surface area contributed by atoms with Gasteiger partial charge >= 0.3 is 144 Å². The first-order valence-corrected chi connectivity index (χ1v) is 42.4. The first-order valence-electron chi connectivity index (χ1n) is 42.4. The van der Waals surface area contributed by atoms with Crippen molar-refractivity contribution in [1.82, 2.24) is 0 Å². The molecule has 13 rings (SSSR count). The van der Waals surface area contributed by atoms with Crippen molar-refractivity contribution in [1.29, 1.82) is 0 Å². The minimum atomic E-state index is -7.49. The molecule has 0 saturated heterocycles. The second-order valence-corrected chi connectivity index (χ2v) is 36.0. The van der Waals surface area contributed by atoms with Crippen LogP contribution in [-0.4, -0.2) is 144 Å². The smallest absolute Gasteiger partial charge is 0.200 e. The predicted octanol–water partition coefficient (Wildman–Crippen LogP) is 37.2. The van der Waals surface area contributed by atoms with Crippen LogP contribution >= 0.6 is 0 Å². The van der Waals surface area contributed by atoms with Gasteiger partial charge in [-0.05, 0) is 278 Å². The van der Waals surface area contributed by atoms with Crippen molar-refractivity contribution in [3.63, 3.8) is 0 Å². The Balaban J connectivity index is 1.15. The second-order valence-electron chi connectivity index (χ2n) is 36.0. The number of rotatable bonds is 42. The van der Waals surface area contributed by atoms with E-state index in [-0.39, 0.29) is 163 Å². The van der Waals surface area contributed by atoms with E-state index < -0.39 is 298 Å². The van der Waals surface area contributed by atoms with Crippen molar-refractivity contribution in [2.45, 2.75) is 298 Å². The normalized spacial score (nSPS) is 15.5. The lowest BCUT2D eigenvalue weighted by Gasteiger charge is -2.33. The molecular weight excluding hydrogens is 2110 g/mol. The predicted molar refractivity (Wildman–Crippen MR) is 414 cm³/mol. The van der Waals surface area contributed by atoms with Gasteiger partial charge in [-0.1, -0.05) is 72.8 Å². The molecule has 0 heterocycles. The Labute approximate surface area is 768 Å². The summed E-state index contributed by atoms with van der Waals surface area (Å²) in [5.41, 5.74) is -2.23. The summed E-state index contributed by atoms with van der Waals surface area (Å²) in [5, 5.41) is -6.06. The minimum Gasteiger partial charge on any atom is -0.200 e. The van der Waals surface area contributed by atoms with Gasteiger partial charge in [0.25, 0.3) is 0 Å². The molecule has 0 amide bonds.